The number of halogens is 2. The van der Waals surface area contributed by atoms with Crippen molar-refractivity contribution in [1.82, 2.24) is 9.97 Å². The van der Waals surface area contributed by atoms with Crippen molar-refractivity contribution in [3.8, 4) is 0 Å². The molecule has 0 spiro atoms. The summed E-state index contributed by atoms with van der Waals surface area (Å²) in [6.45, 7) is 0. The van der Waals surface area contributed by atoms with E-state index in [4.69, 9.17) is 0 Å². The van der Waals surface area contributed by atoms with Crippen LogP contribution in [-0.2, 0) is 0 Å². The first-order valence-corrected chi connectivity index (χ1v) is 7.16. The molecule has 3 nitrogen and oxygen atoms in total. The predicted octanol–water partition coefficient (Wildman–Crippen LogP) is 3.20. The van der Waals surface area contributed by atoms with Crippen LogP contribution in [0.25, 0.3) is 11.0 Å². The van der Waals surface area contributed by atoms with Crippen molar-refractivity contribution in [2.45, 2.75) is 0 Å². The van der Waals surface area contributed by atoms with Crippen LogP contribution in [0.15, 0.2) is 41.1 Å². The maximum atomic E-state index is 13.9. The SMILES string of the molecule is O=C(c1c(F)cccc1P)c1c[nH]c2ncc(Br)cc12. The molecule has 0 saturated heterocycles. The minimum atomic E-state index is -0.528. The fraction of sp³-hybridized carbons (Fsp3) is 0. The van der Waals surface area contributed by atoms with Crippen LogP contribution in [0.1, 0.15) is 15.9 Å². The molecular weight excluding hydrogens is 342 g/mol. The van der Waals surface area contributed by atoms with Gasteiger partial charge in [0.25, 0.3) is 0 Å². The number of nitrogens with one attached hydrogen (secondary N) is 1. The molecule has 3 rings (SSSR count). The summed E-state index contributed by atoms with van der Waals surface area (Å²) in [6.07, 6.45) is 3.19. The molecule has 6 heteroatoms. The fourth-order valence-corrected chi connectivity index (χ4v) is 2.79. The number of fused-ring (bicyclic) bond motifs is 1. The third-order valence-corrected chi connectivity index (χ3v) is 3.93. The molecule has 0 saturated carbocycles. The van der Waals surface area contributed by atoms with Crippen molar-refractivity contribution < 1.29 is 9.18 Å². The fourth-order valence-electron chi connectivity index (χ4n) is 2.08. The number of rotatable bonds is 2. The topological polar surface area (TPSA) is 45.8 Å². The lowest BCUT2D eigenvalue weighted by Gasteiger charge is -2.05. The molecule has 0 aliphatic rings. The first-order valence-electron chi connectivity index (χ1n) is 5.79. The lowest BCUT2D eigenvalue weighted by molar-refractivity contribution is 0.103. The van der Waals surface area contributed by atoms with Crippen LogP contribution in [0.2, 0.25) is 0 Å². The largest absolute Gasteiger partial charge is 0.345 e. The highest BCUT2D eigenvalue weighted by Crippen LogP contribution is 2.23. The monoisotopic (exact) mass is 350 g/mol. The van der Waals surface area contributed by atoms with Gasteiger partial charge in [0, 0.05) is 27.8 Å². The van der Waals surface area contributed by atoms with Crippen LogP contribution < -0.4 is 5.30 Å². The van der Waals surface area contributed by atoms with Crippen LogP contribution in [0.5, 0.6) is 0 Å². The van der Waals surface area contributed by atoms with E-state index in [1.165, 1.54) is 6.07 Å². The van der Waals surface area contributed by atoms with Gasteiger partial charge >= 0.3 is 0 Å². The van der Waals surface area contributed by atoms with E-state index in [0.717, 1.165) is 4.47 Å². The maximum absolute atomic E-state index is 13.9. The quantitative estimate of drug-likeness (QED) is 0.569. The second-order valence-electron chi connectivity index (χ2n) is 4.29. The molecule has 0 bridgehead atoms. The Hall–Kier alpha value is -1.58. The second kappa shape index (κ2) is 5.08. The number of nitrogens with zero attached hydrogens (tertiary/aromatic N) is 1. The van der Waals surface area contributed by atoms with Gasteiger partial charge in [-0.15, -0.1) is 9.24 Å². The van der Waals surface area contributed by atoms with Gasteiger partial charge in [-0.05, 0) is 33.4 Å². The summed E-state index contributed by atoms with van der Waals surface area (Å²) >= 11 is 3.32. The summed E-state index contributed by atoms with van der Waals surface area (Å²) in [5.41, 5.74) is 1.07. The number of benzene rings is 1. The zero-order valence-corrected chi connectivity index (χ0v) is 12.9. The standard InChI is InChI=1S/C14H9BrFN2OP/c15-7-4-8-9(6-18-14(8)17-5-7)13(19)12-10(16)2-1-3-11(12)20/h1-6H,20H2,(H,17,18). The van der Waals surface area contributed by atoms with E-state index in [1.807, 2.05) is 0 Å². The summed E-state index contributed by atoms with van der Waals surface area (Å²) < 4.78 is 14.7. The summed E-state index contributed by atoms with van der Waals surface area (Å²) in [5, 5.41) is 1.20. The van der Waals surface area contributed by atoms with Gasteiger partial charge in [0.15, 0.2) is 5.78 Å². The van der Waals surface area contributed by atoms with Crippen molar-refractivity contribution in [3.05, 3.63) is 58.1 Å². The number of aromatic amines is 1. The lowest BCUT2D eigenvalue weighted by atomic mass is 10.0. The minimum Gasteiger partial charge on any atom is -0.345 e. The predicted molar refractivity (Wildman–Crippen MR) is 83.0 cm³/mol. The first kappa shape index (κ1) is 13.4. The van der Waals surface area contributed by atoms with E-state index < -0.39 is 5.82 Å². The zero-order valence-electron chi connectivity index (χ0n) is 10.2. The van der Waals surface area contributed by atoms with Gasteiger partial charge in [0.1, 0.15) is 11.5 Å². The van der Waals surface area contributed by atoms with Crippen LogP contribution in [0.3, 0.4) is 0 Å². The smallest absolute Gasteiger partial charge is 0.198 e. The van der Waals surface area contributed by atoms with Crippen LogP contribution in [0, 0.1) is 5.82 Å². The average Bonchev–Trinajstić information content (AvgIpc) is 2.81. The number of carbonyl (C=O) groups is 1. The number of pyridine rings is 1. The van der Waals surface area contributed by atoms with Crippen molar-refractivity contribution in [2.24, 2.45) is 0 Å². The molecule has 0 fully saturated rings. The Bertz CT molecular complexity index is 811. The van der Waals surface area contributed by atoms with Crippen LogP contribution in [-0.4, -0.2) is 15.8 Å². The molecule has 1 atom stereocenters. The van der Waals surface area contributed by atoms with Crippen molar-refractivity contribution in [1.29, 1.82) is 0 Å². The highest BCUT2D eigenvalue weighted by atomic mass is 79.9. The van der Waals surface area contributed by atoms with E-state index in [-0.39, 0.29) is 11.3 Å². The Kier molecular flexibility index (Phi) is 3.40. The van der Waals surface area contributed by atoms with Gasteiger partial charge in [-0.25, -0.2) is 9.37 Å². The molecule has 20 heavy (non-hydrogen) atoms. The van der Waals surface area contributed by atoms with Gasteiger partial charge in [-0.3, -0.25) is 4.79 Å². The Balaban J connectivity index is 2.21. The highest BCUT2D eigenvalue weighted by Gasteiger charge is 2.20. The first-order chi connectivity index (χ1) is 9.58. The molecule has 2 heterocycles. The van der Waals surface area contributed by atoms with Crippen molar-refractivity contribution in [2.75, 3.05) is 0 Å². The van der Waals surface area contributed by atoms with Gasteiger partial charge in [0.2, 0.25) is 0 Å². The van der Waals surface area contributed by atoms with E-state index in [0.29, 0.717) is 21.9 Å². The third kappa shape index (κ3) is 2.17. The summed E-state index contributed by atoms with van der Waals surface area (Å²) in [5.74, 6) is -0.890. The molecule has 0 amide bonds. The molecule has 0 aliphatic carbocycles. The van der Waals surface area contributed by atoms with Gasteiger partial charge in [-0.2, -0.15) is 0 Å². The van der Waals surface area contributed by atoms with Crippen molar-refractivity contribution >= 4 is 47.3 Å². The van der Waals surface area contributed by atoms with Gasteiger partial charge in [0.05, 0.1) is 5.56 Å². The average molecular weight is 351 g/mol. The molecule has 0 radical (unpaired) electrons. The molecule has 100 valence electrons. The van der Waals surface area contributed by atoms with Gasteiger partial charge < -0.3 is 4.98 Å². The highest BCUT2D eigenvalue weighted by molar-refractivity contribution is 9.10. The Morgan fingerprint density at radius 3 is 2.95 bits per heavy atom. The number of hydrogen-bond donors (Lipinski definition) is 1. The van der Waals surface area contributed by atoms with Crippen LogP contribution in [0.4, 0.5) is 4.39 Å². The lowest BCUT2D eigenvalue weighted by Crippen LogP contribution is -2.13. The molecule has 0 aliphatic heterocycles. The van der Waals surface area contributed by atoms with Gasteiger partial charge in [-0.1, -0.05) is 12.1 Å². The summed E-state index contributed by atoms with van der Waals surface area (Å²) in [7, 11) is 2.39. The van der Waals surface area contributed by atoms with E-state index >= 15 is 0 Å². The summed E-state index contributed by atoms with van der Waals surface area (Å²) in [4.78, 5) is 19.6. The zero-order chi connectivity index (χ0) is 14.3. The second-order valence-corrected chi connectivity index (χ2v) is 5.82. The summed E-state index contributed by atoms with van der Waals surface area (Å²) in [6, 6.07) is 6.32. The number of ketones is 1. The molecule has 1 N–H and O–H groups in total. The minimum absolute atomic E-state index is 0.0679. The number of H-pyrrole nitrogens is 1. The number of aromatic nitrogens is 2. The van der Waals surface area contributed by atoms with Crippen molar-refractivity contribution in [3.63, 3.8) is 0 Å². The third-order valence-electron chi connectivity index (χ3n) is 3.02. The number of carbonyl (C=O) groups excluding carboxylic acids is 1. The Labute approximate surface area is 124 Å². The molecule has 1 aromatic carbocycles. The molecular formula is C14H9BrFN2OP. The van der Waals surface area contributed by atoms with Crippen LogP contribution >= 0.6 is 25.2 Å². The normalized spacial score (nSPS) is 10.9. The maximum Gasteiger partial charge on any atom is 0.198 e. The number of hydrogen-bond acceptors (Lipinski definition) is 2. The van der Waals surface area contributed by atoms with E-state index in [2.05, 4.69) is 35.1 Å². The molecule has 2 aromatic heterocycles. The Morgan fingerprint density at radius 2 is 2.20 bits per heavy atom. The van der Waals surface area contributed by atoms with E-state index in [9.17, 15) is 9.18 Å². The molecule has 3 aromatic rings. The Morgan fingerprint density at radius 1 is 1.40 bits per heavy atom. The molecule has 1 unspecified atom stereocenters. The van der Waals surface area contributed by atoms with E-state index in [1.54, 1.807) is 30.6 Å².